The van der Waals surface area contributed by atoms with Gasteiger partial charge in [-0.3, -0.25) is 0 Å². The lowest BCUT2D eigenvalue weighted by Gasteiger charge is -2.32. The van der Waals surface area contributed by atoms with Crippen molar-refractivity contribution in [2.24, 2.45) is 0 Å². The minimum atomic E-state index is 0. The van der Waals surface area contributed by atoms with Crippen molar-refractivity contribution in [3.05, 3.63) is 78.4 Å². The average Bonchev–Trinajstić information content (AvgIpc) is 2.65. The molecule has 0 unspecified atom stereocenters. The van der Waals surface area contributed by atoms with Crippen molar-refractivity contribution in [1.82, 2.24) is 0 Å². The van der Waals surface area contributed by atoms with E-state index in [1.165, 1.54) is 24.1 Å². The molecule has 3 aromatic carbocycles. The van der Waals surface area contributed by atoms with Crippen LogP contribution in [0.15, 0.2) is 72.8 Å². The van der Waals surface area contributed by atoms with Gasteiger partial charge in [-0.05, 0) is 54.8 Å². The highest BCUT2D eigenvalue weighted by Gasteiger charge is 2.24. The first kappa shape index (κ1) is 17.1. The fourth-order valence-electron chi connectivity index (χ4n) is 3.18. The Morgan fingerprint density at radius 3 is 1.88 bits per heavy atom. The molecule has 0 spiro atoms. The molecule has 0 radical (unpaired) electrons. The van der Waals surface area contributed by atoms with Gasteiger partial charge in [0, 0.05) is 5.69 Å². The maximum absolute atomic E-state index is 6.06. The topological polar surface area (TPSA) is 12.5 Å². The molecule has 0 saturated heterocycles. The van der Waals surface area contributed by atoms with Crippen molar-refractivity contribution < 1.29 is 4.74 Å². The summed E-state index contributed by atoms with van der Waals surface area (Å²) in [5, 5.41) is 0. The number of anilines is 3. The Bertz CT molecular complexity index is 793. The van der Waals surface area contributed by atoms with Gasteiger partial charge in [0.1, 0.15) is 0 Å². The van der Waals surface area contributed by atoms with Crippen LogP contribution in [0, 0.1) is 0 Å². The molecule has 0 amide bonds. The summed E-state index contributed by atoms with van der Waals surface area (Å²) in [5.74, 6) is 1.79. The molecular weight excluding hydrogens is 306 g/mol. The van der Waals surface area contributed by atoms with E-state index in [-0.39, 0.29) is 7.43 Å². The number of para-hydroxylation sites is 4. The van der Waals surface area contributed by atoms with Crippen molar-refractivity contribution in [2.75, 3.05) is 4.90 Å². The summed E-state index contributed by atoms with van der Waals surface area (Å²) >= 11 is 0. The molecule has 2 nitrogen and oxygen atoms in total. The summed E-state index contributed by atoms with van der Waals surface area (Å²) < 4.78 is 6.06. The van der Waals surface area contributed by atoms with Crippen LogP contribution in [-0.2, 0) is 6.42 Å². The van der Waals surface area contributed by atoms with Gasteiger partial charge in [-0.1, -0.05) is 57.2 Å². The molecule has 25 heavy (non-hydrogen) atoms. The summed E-state index contributed by atoms with van der Waals surface area (Å²) in [6, 6.07) is 25.3. The lowest BCUT2D eigenvalue weighted by atomic mass is 10.1. The Hall–Kier alpha value is -2.74. The van der Waals surface area contributed by atoms with Crippen molar-refractivity contribution in [3.8, 4) is 11.5 Å². The third-order valence-corrected chi connectivity index (χ3v) is 4.45. The van der Waals surface area contributed by atoms with Crippen molar-refractivity contribution >= 4 is 17.1 Å². The fraction of sp³-hybridized carbons (Fsp3) is 0.217. The molecule has 0 aromatic heterocycles. The van der Waals surface area contributed by atoms with Crippen LogP contribution in [0.2, 0.25) is 0 Å². The predicted molar refractivity (Wildman–Crippen MR) is 107 cm³/mol. The van der Waals surface area contributed by atoms with Crippen LogP contribution in [0.5, 0.6) is 11.5 Å². The third-order valence-electron chi connectivity index (χ3n) is 4.45. The van der Waals surface area contributed by atoms with Gasteiger partial charge in [0.25, 0.3) is 0 Å². The molecule has 1 aliphatic rings. The Morgan fingerprint density at radius 1 is 0.760 bits per heavy atom. The molecular formula is C23H25NO. The zero-order chi connectivity index (χ0) is 16.4. The highest BCUT2D eigenvalue weighted by molar-refractivity contribution is 5.86. The number of aryl methyl sites for hydroxylation is 1. The predicted octanol–water partition coefficient (Wildman–Crippen LogP) is 7.24. The Labute approximate surface area is 150 Å². The van der Waals surface area contributed by atoms with E-state index in [0.29, 0.717) is 0 Å². The molecule has 0 N–H and O–H groups in total. The first-order valence-corrected chi connectivity index (χ1v) is 8.62. The summed E-state index contributed by atoms with van der Waals surface area (Å²) in [4.78, 5) is 2.28. The average molecular weight is 331 g/mol. The molecule has 1 heterocycles. The van der Waals surface area contributed by atoms with Crippen molar-refractivity contribution in [3.63, 3.8) is 0 Å². The molecule has 3 aromatic rings. The van der Waals surface area contributed by atoms with E-state index < -0.39 is 0 Å². The maximum atomic E-state index is 6.06. The van der Waals surface area contributed by atoms with Gasteiger partial charge in [0.2, 0.25) is 0 Å². The Kier molecular flexibility index (Phi) is 5.08. The lowest BCUT2D eigenvalue weighted by molar-refractivity contribution is 0.477. The van der Waals surface area contributed by atoms with E-state index in [2.05, 4.69) is 60.4 Å². The monoisotopic (exact) mass is 331 g/mol. The van der Waals surface area contributed by atoms with Crippen LogP contribution in [0.3, 0.4) is 0 Å². The van der Waals surface area contributed by atoms with E-state index >= 15 is 0 Å². The molecule has 0 atom stereocenters. The van der Waals surface area contributed by atoms with Gasteiger partial charge in [0.15, 0.2) is 11.5 Å². The first-order chi connectivity index (χ1) is 11.9. The van der Waals surface area contributed by atoms with E-state index in [1.54, 1.807) is 0 Å². The van der Waals surface area contributed by atoms with E-state index in [4.69, 9.17) is 4.74 Å². The van der Waals surface area contributed by atoms with E-state index in [0.717, 1.165) is 29.3 Å². The Morgan fingerprint density at radius 2 is 1.32 bits per heavy atom. The van der Waals surface area contributed by atoms with Gasteiger partial charge in [-0.2, -0.15) is 0 Å². The largest absolute Gasteiger partial charge is 0.453 e. The molecule has 0 saturated carbocycles. The second-order valence-electron chi connectivity index (χ2n) is 6.14. The van der Waals surface area contributed by atoms with Crippen LogP contribution in [0.1, 0.15) is 32.8 Å². The van der Waals surface area contributed by atoms with Crippen molar-refractivity contribution in [1.29, 1.82) is 0 Å². The fourth-order valence-corrected chi connectivity index (χ4v) is 3.18. The first-order valence-electron chi connectivity index (χ1n) is 8.62. The van der Waals surface area contributed by atoms with Gasteiger partial charge in [-0.25, -0.2) is 0 Å². The summed E-state index contributed by atoms with van der Waals surface area (Å²) in [6.45, 7) is 2.23. The van der Waals surface area contributed by atoms with Crippen LogP contribution < -0.4 is 9.64 Å². The van der Waals surface area contributed by atoms with Crippen LogP contribution in [0.4, 0.5) is 17.1 Å². The van der Waals surface area contributed by atoms with Crippen molar-refractivity contribution in [2.45, 2.75) is 33.6 Å². The summed E-state index contributed by atoms with van der Waals surface area (Å²) in [6.07, 6.45) is 3.61. The Balaban J connectivity index is 0.00000182. The molecule has 0 aliphatic carbocycles. The number of hydrogen-bond acceptors (Lipinski definition) is 2. The van der Waals surface area contributed by atoms with Gasteiger partial charge in [0.05, 0.1) is 11.4 Å². The standard InChI is InChI=1S/C22H21NO.CH4/c1-2-3-8-17-13-15-18(16-14-17)23-19-9-4-6-11-21(19)24-22-12-7-5-10-20(22)23;/h4-7,9-16H,2-3,8H2,1H3;1H4. The van der Waals surface area contributed by atoms with Crippen LogP contribution in [0.25, 0.3) is 0 Å². The molecule has 4 rings (SSSR count). The zero-order valence-electron chi connectivity index (χ0n) is 13.9. The maximum Gasteiger partial charge on any atom is 0.151 e. The van der Waals surface area contributed by atoms with E-state index in [1.807, 2.05) is 24.3 Å². The van der Waals surface area contributed by atoms with E-state index in [9.17, 15) is 0 Å². The van der Waals surface area contributed by atoms with Gasteiger partial charge >= 0.3 is 0 Å². The van der Waals surface area contributed by atoms with Crippen LogP contribution in [-0.4, -0.2) is 0 Å². The van der Waals surface area contributed by atoms with Gasteiger partial charge in [-0.15, -0.1) is 0 Å². The quantitative estimate of drug-likeness (QED) is 0.391. The highest BCUT2D eigenvalue weighted by Crippen LogP contribution is 2.49. The number of fused-ring (bicyclic) bond motifs is 2. The number of nitrogens with zero attached hydrogens (tertiary/aromatic N) is 1. The van der Waals surface area contributed by atoms with Gasteiger partial charge < -0.3 is 9.64 Å². The second kappa shape index (κ2) is 7.43. The molecule has 2 heteroatoms. The molecule has 0 fully saturated rings. The molecule has 1 aliphatic heterocycles. The minimum Gasteiger partial charge on any atom is -0.453 e. The lowest BCUT2D eigenvalue weighted by Crippen LogP contribution is -2.15. The number of ether oxygens (including phenoxy) is 1. The number of benzene rings is 3. The minimum absolute atomic E-state index is 0. The van der Waals surface area contributed by atoms with Crippen LogP contribution >= 0.6 is 0 Å². The molecule has 0 bridgehead atoms. The summed E-state index contributed by atoms with van der Waals surface area (Å²) in [5.41, 5.74) is 4.73. The number of unbranched alkanes of at least 4 members (excludes halogenated alkanes) is 1. The zero-order valence-corrected chi connectivity index (χ0v) is 13.9. The third kappa shape index (κ3) is 3.25. The highest BCUT2D eigenvalue weighted by atomic mass is 16.5. The normalized spacial score (nSPS) is 11.8. The number of rotatable bonds is 4. The smallest absolute Gasteiger partial charge is 0.151 e. The summed E-state index contributed by atoms with van der Waals surface area (Å²) in [7, 11) is 0. The SMILES string of the molecule is C.CCCCc1ccc(N2c3ccccc3Oc3ccccc32)cc1. The molecule has 128 valence electrons. The second-order valence-corrected chi connectivity index (χ2v) is 6.14. The number of hydrogen-bond donors (Lipinski definition) is 0.